The van der Waals surface area contributed by atoms with Crippen molar-refractivity contribution >= 4 is 0 Å². The Morgan fingerprint density at radius 2 is 1.67 bits per heavy atom. The molecule has 0 aromatic heterocycles. The average Bonchev–Trinajstić information content (AvgIpc) is 2.73. The molecule has 0 spiro atoms. The molecule has 144 valence electrons. The molecule has 0 bridgehead atoms. The molecule has 2 aromatic carbocycles. The van der Waals surface area contributed by atoms with E-state index >= 15 is 0 Å². The maximum Gasteiger partial charge on any atom is 0.228 e. The molecule has 0 saturated carbocycles. The molecule has 27 heavy (non-hydrogen) atoms. The second-order valence-corrected chi connectivity index (χ2v) is 6.66. The quantitative estimate of drug-likeness (QED) is 0.803. The minimum atomic E-state index is -1.60. The van der Waals surface area contributed by atoms with E-state index in [1.165, 1.54) is 7.11 Å². The molecule has 6 heteroatoms. The van der Waals surface area contributed by atoms with Crippen molar-refractivity contribution < 1.29 is 28.1 Å². The minimum absolute atomic E-state index is 0.228. The summed E-state index contributed by atoms with van der Waals surface area (Å²) in [6, 6.07) is 19.4. The van der Waals surface area contributed by atoms with E-state index in [4.69, 9.17) is 23.7 Å². The molecule has 0 amide bonds. The van der Waals surface area contributed by atoms with Gasteiger partial charge in [0.05, 0.1) is 13.2 Å². The normalized spacial score (nSPS) is 33.4. The van der Waals surface area contributed by atoms with Crippen molar-refractivity contribution in [1.29, 1.82) is 0 Å². The van der Waals surface area contributed by atoms with Crippen molar-refractivity contribution in [3.63, 3.8) is 0 Å². The molecule has 2 aliphatic rings. The van der Waals surface area contributed by atoms with Crippen LogP contribution in [-0.2, 0) is 30.3 Å². The van der Waals surface area contributed by atoms with Gasteiger partial charge in [-0.1, -0.05) is 60.7 Å². The minimum Gasteiger partial charge on any atom is -0.373 e. The molecule has 0 aliphatic carbocycles. The van der Waals surface area contributed by atoms with E-state index in [0.717, 1.165) is 11.1 Å². The van der Waals surface area contributed by atoms with Crippen LogP contribution in [0.5, 0.6) is 0 Å². The Balaban J connectivity index is 1.53. The molecule has 2 aliphatic heterocycles. The van der Waals surface area contributed by atoms with Crippen LogP contribution in [0.3, 0.4) is 0 Å². The summed E-state index contributed by atoms with van der Waals surface area (Å²) in [4.78, 5) is 0. The van der Waals surface area contributed by atoms with Gasteiger partial charge in [-0.3, -0.25) is 0 Å². The fourth-order valence-corrected chi connectivity index (χ4v) is 3.52. The molecule has 2 fully saturated rings. The molecule has 0 unspecified atom stereocenters. The highest BCUT2D eigenvalue weighted by Gasteiger charge is 2.51. The lowest BCUT2D eigenvalue weighted by Gasteiger charge is -2.47. The van der Waals surface area contributed by atoms with Gasteiger partial charge in [0.2, 0.25) is 6.36 Å². The van der Waals surface area contributed by atoms with Crippen molar-refractivity contribution in [2.45, 2.75) is 43.7 Å². The van der Waals surface area contributed by atoms with Crippen LogP contribution < -0.4 is 0 Å². The third-order valence-electron chi connectivity index (χ3n) is 4.90. The standard InChI is InChI=1S/C21H23FO5/c1-23-19-18(24-12-14-8-4-2-5-9-14)17-16(26-20(19)22)13-25-21(27-17)15-10-6-3-7-11-15/h2-11,16-21H,12-13H2,1H3/t16-,17-,18+,19-,20+,21-/m1/s1. The van der Waals surface area contributed by atoms with Crippen LogP contribution in [0.1, 0.15) is 17.4 Å². The molecule has 5 nitrogen and oxygen atoms in total. The van der Waals surface area contributed by atoms with Gasteiger partial charge in [-0.05, 0) is 5.56 Å². The first kappa shape index (κ1) is 18.5. The summed E-state index contributed by atoms with van der Waals surface area (Å²) in [5, 5.41) is 0. The number of fused-ring (bicyclic) bond motifs is 1. The summed E-state index contributed by atoms with van der Waals surface area (Å²) in [5.74, 6) is 0. The lowest BCUT2D eigenvalue weighted by molar-refractivity contribution is -0.351. The lowest BCUT2D eigenvalue weighted by atomic mass is 9.97. The molecule has 0 N–H and O–H groups in total. The zero-order valence-corrected chi connectivity index (χ0v) is 15.1. The highest BCUT2D eigenvalue weighted by atomic mass is 19.1. The monoisotopic (exact) mass is 374 g/mol. The van der Waals surface area contributed by atoms with Crippen LogP contribution in [0.15, 0.2) is 60.7 Å². The van der Waals surface area contributed by atoms with Crippen molar-refractivity contribution in [2.24, 2.45) is 0 Å². The van der Waals surface area contributed by atoms with Gasteiger partial charge in [0.1, 0.15) is 24.4 Å². The molecule has 2 heterocycles. The second-order valence-electron chi connectivity index (χ2n) is 6.66. The Bertz CT molecular complexity index is 713. The third kappa shape index (κ3) is 4.05. The largest absolute Gasteiger partial charge is 0.373 e. The van der Waals surface area contributed by atoms with Gasteiger partial charge in [-0.15, -0.1) is 0 Å². The molecular weight excluding hydrogens is 351 g/mol. The summed E-state index contributed by atoms with van der Waals surface area (Å²) in [5.41, 5.74) is 1.89. The Hall–Kier alpha value is -1.83. The van der Waals surface area contributed by atoms with Crippen LogP contribution in [0.4, 0.5) is 4.39 Å². The fourth-order valence-electron chi connectivity index (χ4n) is 3.52. The van der Waals surface area contributed by atoms with E-state index in [1.807, 2.05) is 60.7 Å². The van der Waals surface area contributed by atoms with Crippen molar-refractivity contribution in [3.05, 3.63) is 71.8 Å². The number of halogens is 1. The Morgan fingerprint density at radius 1 is 0.963 bits per heavy atom. The number of alkyl halides is 1. The van der Waals surface area contributed by atoms with E-state index in [0.29, 0.717) is 6.61 Å². The first-order valence-electron chi connectivity index (χ1n) is 9.06. The molecule has 2 aromatic rings. The first-order valence-corrected chi connectivity index (χ1v) is 9.06. The summed E-state index contributed by atoms with van der Waals surface area (Å²) < 4.78 is 43.2. The smallest absolute Gasteiger partial charge is 0.228 e. The van der Waals surface area contributed by atoms with E-state index in [1.54, 1.807) is 0 Å². The predicted molar refractivity (Wildman–Crippen MR) is 95.6 cm³/mol. The average molecular weight is 374 g/mol. The van der Waals surface area contributed by atoms with E-state index < -0.39 is 37.1 Å². The first-order chi connectivity index (χ1) is 13.3. The van der Waals surface area contributed by atoms with Gasteiger partial charge in [0.15, 0.2) is 6.29 Å². The fraction of sp³-hybridized carbons (Fsp3) is 0.429. The number of ether oxygens (including phenoxy) is 5. The second kappa shape index (κ2) is 8.46. The summed E-state index contributed by atoms with van der Waals surface area (Å²) >= 11 is 0. The zero-order valence-electron chi connectivity index (χ0n) is 15.1. The van der Waals surface area contributed by atoms with Crippen LogP contribution in [0, 0.1) is 0 Å². The highest BCUT2D eigenvalue weighted by molar-refractivity contribution is 5.17. The lowest BCUT2D eigenvalue weighted by Crippen LogP contribution is -2.62. The summed E-state index contributed by atoms with van der Waals surface area (Å²) in [7, 11) is 1.45. The Morgan fingerprint density at radius 3 is 2.37 bits per heavy atom. The number of hydrogen-bond acceptors (Lipinski definition) is 5. The van der Waals surface area contributed by atoms with E-state index in [2.05, 4.69) is 0 Å². The van der Waals surface area contributed by atoms with Gasteiger partial charge in [-0.25, -0.2) is 4.39 Å². The van der Waals surface area contributed by atoms with Gasteiger partial charge in [0, 0.05) is 12.7 Å². The van der Waals surface area contributed by atoms with E-state index in [-0.39, 0.29) is 6.61 Å². The number of hydrogen-bond donors (Lipinski definition) is 0. The van der Waals surface area contributed by atoms with Gasteiger partial charge in [0.25, 0.3) is 0 Å². The van der Waals surface area contributed by atoms with E-state index in [9.17, 15) is 4.39 Å². The van der Waals surface area contributed by atoms with Gasteiger partial charge >= 0.3 is 0 Å². The topological polar surface area (TPSA) is 46.2 Å². The summed E-state index contributed by atoms with van der Waals surface area (Å²) in [6.07, 6.45) is -4.68. The van der Waals surface area contributed by atoms with Crippen molar-refractivity contribution in [3.8, 4) is 0 Å². The predicted octanol–water partition coefficient (Wildman–Crippen LogP) is 3.40. The van der Waals surface area contributed by atoms with Crippen LogP contribution >= 0.6 is 0 Å². The molecule has 2 saturated heterocycles. The number of methoxy groups -OCH3 is 1. The van der Waals surface area contributed by atoms with Crippen molar-refractivity contribution in [1.82, 2.24) is 0 Å². The molecular formula is C21H23FO5. The van der Waals surface area contributed by atoms with Crippen LogP contribution in [-0.4, -0.2) is 44.5 Å². The third-order valence-corrected chi connectivity index (χ3v) is 4.90. The SMILES string of the molecule is CO[C@@H]1[C@@H](OCc2ccccc2)[C@@H]2O[C@H](c3ccccc3)OC[C@H]2O[C@@H]1F. The van der Waals surface area contributed by atoms with Gasteiger partial charge in [-0.2, -0.15) is 0 Å². The van der Waals surface area contributed by atoms with Crippen LogP contribution in [0.2, 0.25) is 0 Å². The zero-order chi connectivity index (χ0) is 18.6. The van der Waals surface area contributed by atoms with Gasteiger partial charge < -0.3 is 23.7 Å². The maximum atomic E-state index is 14.5. The highest BCUT2D eigenvalue weighted by Crippen LogP contribution is 2.36. The molecule has 4 rings (SSSR count). The van der Waals surface area contributed by atoms with Crippen molar-refractivity contribution in [2.75, 3.05) is 13.7 Å². The maximum absolute atomic E-state index is 14.5. The Kier molecular flexibility index (Phi) is 5.80. The summed E-state index contributed by atoms with van der Waals surface area (Å²) in [6.45, 7) is 0.563. The number of rotatable bonds is 5. The number of benzene rings is 2. The Labute approximate surface area is 157 Å². The van der Waals surface area contributed by atoms with Crippen LogP contribution in [0.25, 0.3) is 0 Å². The molecule has 0 radical (unpaired) electrons. The molecule has 6 atom stereocenters.